The minimum atomic E-state index is -3.66. The third-order valence-electron chi connectivity index (χ3n) is 5.89. The maximum absolute atomic E-state index is 13.4. The highest BCUT2D eigenvalue weighted by molar-refractivity contribution is 7.89. The molecule has 1 aromatic rings. The molecule has 0 N–H and O–H groups in total. The molecular formula is C21H34N4O3S. The quantitative estimate of drug-likeness (QED) is 0.719. The molecule has 1 unspecified atom stereocenters. The standard InChI is InChI=1S/C21H34N4O3S/c1-17(2)21-24(20(26)16-23-14-12-22(4)13-15-23)10-5-11-25(21)29(27,28)19-8-6-18(3)7-9-19/h6-9,17,21H,5,10-16H2,1-4H3. The SMILES string of the molecule is Cc1ccc(S(=O)(=O)N2CCCN(C(=O)CN3CCN(C)CC3)C2C(C)C)cc1. The second-order valence-electron chi connectivity index (χ2n) is 8.61. The second-order valence-corrected chi connectivity index (χ2v) is 10.5. The summed E-state index contributed by atoms with van der Waals surface area (Å²) in [6.07, 6.45) is 0.206. The van der Waals surface area contributed by atoms with Gasteiger partial charge in [0.1, 0.15) is 6.17 Å². The number of aryl methyl sites for hydroxylation is 1. The molecule has 0 aliphatic carbocycles. The van der Waals surface area contributed by atoms with E-state index in [-0.39, 0.29) is 11.8 Å². The first kappa shape index (κ1) is 22.2. The van der Waals surface area contributed by atoms with Crippen molar-refractivity contribution >= 4 is 15.9 Å². The van der Waals surface area contributed by atoms with E-state index in [4.69, 9.17) is 0 Å². The van der Waals surface area contributed by atoms with E-state index in [0.29, 0.717) is 31.0 Å². The number of hydrogen-bond donors (Lipinski definition) is 0. The summed E-state index contributed by atoms with van der Waals surface area (Å²) in [7, 11) is -1.57. The predicted octanol–water partition coefficient (Wildman–Crippen LogP) is 1.45. The molecule has 0 bridgehead atoms. The Morgan fingerprint density at radius 1 is 1.03 bits per heavy atom. The van der Waals surface area contributed by atoms with Crippen molar-refractivity contribution in [3.8, 4) is 0 Å². The van der Waals surface area contributed by atoms with Gasteiger partial charge in [-0.1, -0.05) is 31.5 Å². The van der Waals surface area contributed by atoms with Crippen LogP contribution in [-0.2, 0) is 14.8 Å². The Labute approximate surface area is 175 Å². The molecule has 0 radical (unpaired) electrons. The molecule has 7 nitrogen and oxygen atoms in total. The van der Waals surface area contributed by atoms with Crippen LogP contribution in [0.25, 0.3) is 0 Å². The largest absolute Gasteiger partial charge is 0.325 e. The zero-order chi connectivity index (χ0) is 21.2. The molecular weight excluding hydrogens is 388 g/mol. The van der Waals surface area contributed by atoms with E-state index in [1.807, 2.05) is 32.9 Å². The number of rotatable bonds is 5. The molecule has 0 aromatic heterocycles. The molecule has 8 heteroatoms. The zero-order valence-corrected chi connectivity index (χ0v) is 18.9. The van der Waals surface area contributed by atoms with Crippen LogP contribution in [-0.4, -0.2) is 92.4 Å². The fourth-order valence-electron chi connectivity index (χ4n) is 4.18. The highest BCUT2D eigenvalue weighted by Crippen LogP contribution is 2.28. The Balaban J connectivity index is 1.80. The average molecular weight is 423 g/mol. The van der Waals surface area contributed by atoms with Crippen LogP contribution >= 0.6 is 0 Å². The molecule has 0 saturated carbocycles. The van der Waals surface area contributed by atoms with Crippen LogP contribution in [0.15, 0.2) is 29.2 Å². The van der Waals surface area contributed by atoms with Gasteiger partial charge in [-0.05, 0) is 38.4 Å². The number of benzene rings is 1. The summed E-state index contributed by atoms with van der Waals surface area (Å²) in [4.78, 5) is 19.7. The van der Waals surface area contributed by atoms with Crippen molar-refractivity contribution in [1.29, 1.82) is 0 Å². The van der Waals surface area contributed by atoms with Crippen LogP contribution in [0.4, 0.5) is 0 Å². The molecule has 2 aliphatic rings. The number of likely N-dealkylation sites (N-methyl/N-ethyl adjacent to an activating group) is 1. The lowest BCUT2D eigenvalue weighted by molar-refractivity contribution is -0.141. The minimum Gasteiger partial charge on any atom is -0.325 e. The van der Waals surface area contributed by atoms with Gasteiger partial charge in [0.2, 0.25) is 15.9 Å². The van der Waals surface area contributed by atoms with Crippen LogP contribution in [0.2, 0.25) is 0 Å². The Hall–Kier alpha value is -1.48. The first-order valence-corrected chi connectivity index (χ1v) is 11.9. The topological polar surface area (TPSA) is 64.2 Å². The Morgan fingerprint density at radius 2 is 1.66 bits per heavy atom. The molecule has 1 atom stereocenters. The fraction of sp³-hybridized carbons (Fsp3) is 0.667. The number of amides is 1. The minimum absolute atomic E-state index is 0.00645. The van der Waals surface area contributed by atoms with Crippen molar-refractivity contribution < 1.29 is 13.2 Å². The van der Waals surface area contributed by atoms with E-state index in [1.54, 1.807) is 17.0 Å². The highest BCUT2D eigenvalue weighted by atomic mass is 32.2. The van der Waals surface area contributed by atoms with Gasteiger partial charge in [0.25, 0.3) is 0 Å². The van der Waals surface area contributed by atoms with Crippen LogP contribution in [0.3, 0.4) is 0 Å². The Morgan fingerprint density at radius 3 is 2.24 bits per heavy atom. The molecule has 1 amide bonds. The van der Waals surface area contributed by atoms with E-state index in [2.05, 4.69) is 16.8 Å². The van der Waals surface area contributed by atoms with Gasteiger partial charge >= 0.3 is 0 Å². The monoisotopic (exact) mass is 422 g/mol. The van der Waals surface area contributed by atoms with Gasteiger partial charge in [-0.3, -0.25) is 9.69 Å². The van der Waals surface area contributed by atoms with Crippen LogP contribution in [0.1, 0.15) is 25.8 Å². The zero-order valence-electron chi connectivity index (χ0n) is 18.0. The van der Waals surface area contributed by atoms with Gasteiger partial charge in [0.05, 0.1) is 11.4 Å². The van der Waals surface area contributed by atoms with Crippen molar-refractivity contribution in [2.24, 2.45) is 5.92 Å². The summed E-state index contributed by atoms with van der Waals surface area (Å²) >= 11 is 0. The molecule has 2 saturated heterocycles. The molecule has 2 heterocycles. The lowest BCUT2D eigenvalue weighted by Crippen LogP contribution is -2.61. The molecule has 2 aliphatic heterocycles. The first-order chi connectivity index (χ1) is 13.7. The van der Waals surface area contributed by atoms with Gasteiger partial charge in [-0.2, -0.15) is 4.31 Å². The van der Waals surface area contributed by atoms with Crippen molar-refractivity contribution in [3.63, 3.8) is 0 Å². The van der Waals surface area contributed by atoms with Gasteiger partial charge in [-0.15, -0.1) is 0 Å². The van der Waals surface area contributed by atoms with Gasteiger partial charge in [-0.25, -0.2) is 8.42 Å². The van der Waals surface area contributed by atoms with Gasteiger partial charge in [0, 0.05) is 39.3 Å². The third-order valence-corrected chi connectivity index (χ3v) is 7.77. The van der Waals surface area contributed by atoms with Crippen molar-refractivity contribution in [2.45, 2.75) is 38.3 Å². The number of piperazine rings is 1. The smallest absolute Gasteiger partial charge is 0.244 e. The lowest BCUT2D eigenvalue weighted by atomic mass is 10.1. The molecule has 162 valence electrons. The van der Waals surface area contributed by atoms with E-state index < -0.39 is 16.2 Å². The maximum atomic E-state index is 13.4. The molecule has 1 aromatic carbocycles. The van der Waals surface area contributed by atoms with Crippen molar-refractivity contribution in [3.05, 3.63) is 29.8 Å². The van der Waals surface area contributed by atoms with E-state index in [9.17, 15) is 13.2 Å². The number of carbonyl (C=O) groups is 1. The fourth-order valence-corrected chi connectivity index (χ4v) is 5.94. The van der Waals surface area contributed by atoms with E-state index >= 15 is 0 Å². The summed E-state index contributed by atoms with van der Waals surface area (Å²) < 4.78 is 28.3. The molecule has 0 spiro atoms. The van der Waals surface area contributed by atoms with Crippen LogP contribution < -0.4 is 0 Å². The van der Waals surface area contributed by atoms with Gasteiger partial charge < -0.3 is 9.80 Å². The molecule has 3 rings (SSSR count). The van der Waals surface area contributed by atoms with Crippen molar-refractivity contribution in [2.75, 3.05) is 52.9 Å². The second kappa shape index (κ2) is 9.12. The molecule has 2 fully saturated rings. The number of sulfonamides is 1. The Kier molecular flexibility index (Phi) is 6.98. The summed E-state index contributed by atoms with van der Waals surface area (Å²) in [5.74, 6) is 0.0315. The maximum Gasteiger partial charge on any atom is 0.244 e. The highest BCUT2D eigenvalue weighted by Gasteiger charge is 2.41. The lowest BCUT2D eigenvalue weighted by Gasteiger charge is -2.45. The third kappa shape index (κ3) is 4.99. The summed E-state index contributed by atoms with van der Waals surface area (Å²) in [6, 6.07) is 6.95. The number of carbonyl (C=O) groups excluding carboxylic acids is 1. The summed E-state index contributed by atoms with van der Waals surface area (Å²) in [5.41, 5.74) is 1.02. The van der Waals surface area contributed by atoms with E-state index in [1.165, 1.54) is 4.31 Å². The van der Waals surface area contributed by atoms with Gasteiger partial charge in [0.15, 0.2) is 0 Å². The summed E-state index contributed by atoms with van der Waals surface area (Å²) in [5, 5.41) is 0. The van der Waals surface area contributed by atoms with E-state index in [0.717, 1.165) is 31.7 Å². The molecule has 29 heavy (non-hydrogen) atoms. The Bertz CT molecular complexity index is 802. The average Bonchev–Trinajstić information content (AvgIpc) is 2.69. The van der Waals surface area contributed by atoms with Crippen LogP contribution in [0.5, 0.6) is 0 Å². The number of nitrogens with zero attached hydrogens (tertiary/aromatic N) is 4. The van der Waals surface area contributed by atoms with Crippen LogP contribution in [0, 0.1) is 12.8 Å². The number of hydrogen-bond acceptors (Lipinski definition) is 5. The predicted molar refractivity (Wildman–Crippen MR) is 114 cm³/mol. The summed E-state index contributed by atoms with van der Waals surface area (Å²) in [6.45, 7) is 11.0. The van der Waals surface area contributed by atoms with Crippen molar-refractivity contribution in [1.82, 2.24) is 19.0 Å². The normalized spacial score (nSPS) is 22.9. The first-order valence-electron chi connectivity index (χ1n) is 10.5.